The zero-order valence-corrected chi connectivity index (χ0v) is 18.9. The largest absolute Gasteiger partial charge is 0.507 e. The number of nitrogens with zero attached hydrogens (tertiary/aromatic N) is 3. The molecule has 1 unspecified atom stereocenters. The van der Waals surface area contributed by atoms with Crippen LogP contribution in [-0.4, -0.2) is 76.8 Å². The lowest BCUT2D eigenvalue weighted by molar-refractivity contribution is -0.139. The van der Waals surface area contributed by atoms with Crippen molar-refractivity contribution >= 4 is 23.4 Å². The number of likely N-dealkylation sites (tertiary alicyclic amines) is 1. The normalized spacial score (nSPS) is 17.9. The van der Waals surface area contributed by atoms with Gasteiger partial charge in [-0.05, 0) is 64.2 Å². The molecule has 0 radical (unpaired) electrons. The molecular formula is C23H28N4O5. The molecule has 0 aromatic carbocycles. The first-order valence-corrected chi connectivity index (χ1v) is 10.3. The molecule has 1 aliphatic heterocycles. The van der Waals surface area contributed by atoms with E-state index in [9.17, 15) is 19.5 Å². The summed E-state index contributed by atoms with van der Waals surface area (Å²) in [6, 6.07) is 2.69. The Labute approximate surface area is 186 Å². The third kappa shape index (κ3) is 4.16. The highest BCUT2D eigenvalue weighted by molar-refractivity contribution is 6.46. The standard InChI is InChI=1S/C23H28N4O5/c1-13-16(14(2)25-18(13)23(31)32-5)20(28)17-19(15-7-9-24-10-8-15)27(22(30)21(17)29)12-6-11-26(3)4/h7-10,19,25,28H,6,11-12H2,1-5H3/b20-17+. The van der Waals surface area contributed by atoms with Crippen molar-refractivity contribution in [1.82, 2.24) is 19.8 Å². The predicted octanol–water partition coefficient (Wildman–Crippen LogP) is 2.19. The molecule has 0 aliphatic carbocycles. The van der Waals surface area contributed by atoms with Gasteiger partial charge in [0.15, 0.2) is 0 Å². The molecule has 1 saturated heterocycles. The number of aliphatic hydroxyl groups excluding tert-OH is 1. The molecule has 2 aromatic rings. The first-order chi connectivity index (χ1) is 15.2. The van der Waals surface area contributed by atoms with Crippen LogP contribution in [0.3, 0.4) is 0 Å². The van der Waals surface area contributed by atoms with Crippen molar-refractivity contribution in [2.45, 2.75) is 26.3 Å². The van der Waals surface area contributed by atoms with Gasteiger partial charge in [-0.1, -0.05) is 0 Å². The molecule has 32 heavy (non-hydrogen) atoms. The second-order valence-electron chi connectivity index (χ2n) is 8.05. The van der Waals surface area contributed by atoms with E-state index in [1.54, 1.807) is 38.4 Å². The molecule has 1 aliphatic rings. The minimum Gasteiger partial charge on any atom is -0.507 e. The van der Waals surface area contributed by atoms with Crippen molar-refractivity contribution in [1.29, 1.82) is 0 Å². The number of esters is 1. The van der Waals surface area contributed by atoms with Gasteiger partial charge in [0.2, 0.25) is 0 Å². The topological polar surface area (TPSA) is 116 Å². The van der Waals surface area contributed by atoms with E-state index in [0.717, 1.165) is 6.54 Å². The zero-order chi connectivity index (χ0) is 23.6. The highest BCUT2D eigenvalue weighted by Gasteiger charge is 2.46. The molecule has 9 nitrogen and oxygen atoms in total. The molecule has 170 valence electrons. The first-order valence-electron chi connectivity index (χ1n) is 10.3. The Kier molecular flexibility index (Phi) is 6.78. The molecule has 3 heterocycles. The number of aliphatic hydroxyl groups is 1. The quantitative estimate of drug-likeness (QED) is 0.293. The maximum atomic E-state index is 13.1. The number of ketones is 1. The van der Waals surface area contributed by atoms with Gasteiger partial charge in [0, 0.05) is 30.2 Å². The van der Waals surface area contributed by atoms with Gasteiger partial charge < -0.3 is 24.6 Å². The van der Waals surface area contributed by atoms with Gasteiger partial charge in [-0.3, -0.25) is 14.6 Å². The van der Waals surface area contributed by atoms with Gasteiger partial charge in [-0.2, -0.15) is 0 Å². The van der Waals surface area contributed by atoms with Crippen LogP contribution in [0.25, 0.3) is 5.76 Å². The minimum atomic E-state index is -0.756. The Morgan fingerprint density at radius 2 is 1.91 bits per heavy atom. The highest BCUT2D eigenvalue weighted by Crippen LogP contribution is 2.40. The van der Waals surface area contributed by atoms with Gasteiger partial charge in [-0.25, -0.2) is 4.79 Å². The Balaban J connectivity index is 2.15. The predicted molar refractivity (Wildman–Crippen MR) is 118 cm³/mol. The first kappa shape index (κ1) is 23.2. The van der Waals surface area contributed by atoms with Gasteiger partial charge in [0.25, 0.3) is 11.7 Å². The lowest BCUT2D eigenvalue weighted by Gasteiger charge is -2.25. The summed E-state index contributed by atoms with van der Waals surface area (Å²) in [6.07, 6.45) is 3.82. The molecule has 0 bridgehead atoms. The fourth-order valence-corrected chi connectivity index (χ4v) is 4.11. The molecule has 1 amide bonds. The van der Waals surface area contributed by atoms with E-state index in [2.05, 4.69) is 9.97 Å². The van der Waals surface area contributed by atoms with Gasteiger partial charge in [0.1, 0.15) is 11.5 Å². The number of amides is 1. The number of hydrogen-bond donors (Lipinski definition) is 2. The lowest BCUT2D eigenvalue weighted by Crippen LogP contribution is -2.32. The Bertz CT molecular complexity index is 1070. The average Bonchev–Trinajstić information content (AvgIpc) is 3.20. The zero-order valence-electron chi connectivity index (χ0n) is 18.9. The third-order valence-corrected chi connectivity index (χ3v) is 5.63. The van der Waals surface area contributed by atoms with Gasteiger partial charge >= 0.3 is 5.97 Å². The van der Waals surface area contributed by atoms with Crippen LogP contribution in [0.15, 0.2) is 30.1 Å². The second kappa shape index (κ2) is 9.35. The number of carbonyl (C=O) groups excluding carboxylic acids is 3. The number of aromatic amines is 1. The summed E-state index contributed by atoms with van der Waals surface area (Å²) in [5.74, 6) is -2.32. The van der Waals surface area contributed by atoms with Crippen LogP contribution < -0.4 is 0 Å². The second-order valence-corrected chi connectivity index (χ2v) is 8.05. The Morgan fingerprint density at radius 1 is 1.25 bits per heavy atom. The van der Waals surface area contributed by atoms with E-state index in [0.29, 0.717) is 35.3 Å². The van der Waals surface area contributed by atoms with Crippen LogP contribution in [0, 0.1) is 13.8 Å². The number of methoxy groups -OCH3 is 1. The molecule has 0 spiro atoms. The molecule has 1 fully saturated rings. The summed E-state index contributed by atoms with van der Waals surface area (Å²) in [6.45, 7) is 4.43. The summed E-state index contributed by atoms with van der Waals surface area (Å²) in [5, 5.41) is 11.3. The fraction of sp³-hybridized carbons (Fsp3) is 0.391. The van der Waals surface area contributed by atoms with Crippen molar-refractivity contribution in [3.8, 4) is 0 Å². The van der Waals surface area contributed by atoms with E-state index < -0.39 is 23.7 Å². The smallest absolute Gasteiger partial charge is 0.354 e. The molecular weight excluding hydrogens is 412 g/mol. The average molecular weight is 441 g/mol. The Hall–Kier alpha value is -3.46. The minimum absolute atomic E-state index is 0.00679. The van der Waals surface area contributed by atoms with E-state index in [1.807, 2.05) is 19.0 Å². The van der Waals surface area contributed by atoms with E-state index in [4.69, 9.17) is 4.74 Å². The monoisotopic (exact) mass is 440 g/mol. The highest BCUT2D eigenvalue weighted by atomic mass is 16.5. The molecule has 0 saturated carbocycles. The van der Waals surface area contributed by atoms with Crippen LogP contribution in [0.5, 0.6) is 0 Å². The van der Waals surface area contributed by atoms with Gasteiger partial charge in [-0.15, -0.1) is 0 Å². The fourth-order valence-electron chi connectivity index (χ4n) is 4.11. The van der Waals surface area contributed by atoms with Crippen molar-refractivity contribution in [2.24, 2.45) is 0 Å². The summed E-state index contributed by atoms with van der Waals surface area (Å²) < 4.78 is 4.79. The number of Topliss-reactive ketones (excluding diaryl/α,β-unsaturated/α-hetero) is 1. The number of aryl methyl sites for hydroxylation is 1. The number of rotatable bonds is 7. The van der Waals surface area contributed by atoms with Crippen molar-refractivity contribution in [3.63, 3.8) is 0 Å². The summed E-state index contributed by atoms with van der Waals surface area (Å²) in [7, 11) is 5.13. The number of hydrogen-bond acceptors (Lipinski definition) is 7. The van der Waals surface area contributed by atoms with E-state index >= 15 is 0 Å². The van der Waals surface area contributed by atoms with Crippen LogP contribution in [-0.2, 0) is 14.3 Å². The van der Waals surface area contributed by atoms with Crippen LogP contribution in [0.1, 0.15) is 45.3 Å². The van der Waals surface area contributed by atoms with Crippen LogP contribution in [0.2, 0.25) is 0 Å². The maximum Gasteiger partial charge on any atom is 0.354 e. The van der Waals surface area contributed by atoms with E-state index in [1.165, 1.54) is 12.0 Å². The lowest BCUT2D eigenvalue weighted by atomic mass is 9.94. The molecule has 3 rings (SSSR count). The summed E-state index contributed by atoms with van der Waals surface area (Å²) in [4.78, 5) is 48.6. The SMILES string of the molecule is COC(=O)c1[nH]c(C)c(/C(O)=C2\C(=O)C(=O)N(CCCN(C)C)C2c2ccncc2)c1C. The number of carbonyl (C=O) groups is 3. The molecule has 2 N–H and O–H groups in total. The van der Waals surface area contributed by atoms with Crippen molar-refractivity contribution < 1.29 is 24.2 Å². The van der Waals surface area contributed by atoms with Crippen molar-refractivity contribution in [2.75, 3.05) is 34.3 Å². The number of aromatic nitrogens is 2. The maximum absolute atomic E-state index is 13.1. The number of H-pyrrole nitrogens is 1. The van der Waals surface area contributed by atoms with E-state index in [-0.39, 0.29) is 17.0 Å². The summed E-state index contributed by atoms with van der Waals surface area (Å²) in [5.41, 5.74) is 2.10. The number of ether oxygens (including phenoxy) is 1. The molecule has 1 atom stereocenters. The van der Waals surface area contributed by atoms with Crippen LogP contribution in [0.4, 0.5) is 0 Å². The van der Waals surface area contributed by atoms with Crippen LogP contribution >= 0.6 is 0 Å². The summed E-state index contributed by atoms with van der Waals surface area (Å²) >= 11 is 0. The Morgan fingerprint density at radius 3 is 2.50 bits per heavy atom. The third-order valence-electron chi connectivity index (χ3n) is 5.63. The number of pyridine rings is 1. The number of nitrogens with one attached hydrogen (secondary N) is 1. The molecule has 9 heteroatoms. The molecule has 2 aromatic heterocycles. The van der Waals surface area contributed by atoms with Crippen molar-refractivity contribution in [3.05, 3.63) is 58.2 Å². The van der Waals surface area contributed by atoms with Gasteiger partial charge in [0.05, 0.1) is 18.7 Å².